The summed E-state index contributed by atoms with van der Waals surface area (Å²) in [4.78, 5) is 0. The van der Waals surface area contributed by atoms with E-state index in [9.17, 15) is 4.39 Å². The van der Waals surface area contributed by atoms with Gasteiger partial charge >= 0.3 is 0 Å². The summed E-state index contributed by atoms with van der Waals surface area (Å²) in [5, 5.41) is 3.36. The highest BCUT2D eigenvalue weighted by Crippen LogP contribution is 2.25. The maximum atomic E-state index is 13.5. The van der Waals surface area contributed by atoms with Crippen molar-refractivity contribution in [2.24, 2.45) is 0 Å². The van der Waals surface area contributed by atoms with E-state index in [1.54, 1.807) is 11.6 Å². The van der Waals surface area contributed by atoms with Gasteiger partial charge in [0.05, 0.1) is 4.47 Å². The molecule has 0 heterocycles. The van der Waals surface area contributed by atoms with Crippen LogP contribution in [0.25, 0.3) is 0 Å². The van der Waals surface area contributed by atoms with Crippen LogP contribution in [0.1, 0.15) is 37.7 Å². The van der Waals surface area contributed by atoms with Crippen LogP contribution in [0.3, 0.4) is 0 Å². The van der Waals surface area contributed by atoms with E-state index in [4.69, 9.17) is 0 Å². The third kappa shape index (κ3) is 4.15. The fraction of sp³-hybridized carbons (Fsp3) is 0.500. The molecule has 1 N–H and O–H groups in total. The van der Waals surface area contributed by atoms with Crippen molar-refractivity contribution in [1.82, 2.24) is 5.32 Å². The van der Waals surface area contributed by atoms with Crippen molar-refractivity contribution in [3.8, 4) is 0 Å². The van der Waals surface area contributed by atoms with Gasteiger partial charge in [0.25, 0.3) is 0 Å². The number of halogens is 2. The molecule has 104 valence electrons. The van der Waals surface area contributed by atoms with Crippen molar-refractivity contribution in [2.45, 2.75) is 44.6 Å². The lowest BCUT2D eigenvalue weighted by atomic mass is 9.92. The van der Waals surface area contributed by atoms with Gasteiger partial charge in [0, 0.05) is 6.04 Å². The third-order valence-corrected chi connectivity index (χ3v) is 4.69. The Hall–Kier alpha value is -0.670. The zero-order valence-corrected chi connectivity index (χ0v) is 13.0. The minimum absolute atomic E-state index is 0.177. The van der Waals surface area contributed by atoms with E-state index < -0.39 is 0 Å². The van der Waals surface area contributed by atoms with Crippen LogP contribution in [0.4, 0.5) is 4.39 Å². The van der Waals surface area contributed by atoms with Gasteiger partial charge < -0.3 is 5.32 Å². The molecule has 0 fully saturated rings. The molecule has 1 aromatic carbocycles. The van der Waals surface area contributed by atoms with Gasteiger partial charge in [-0.2, -0.15) is 0 Å². The Morgan fingerprint density at radius 1 is 1.32 bits per heavy atom. The van der Waals surface area contributed by atoms with Gasteiger partial charge in [0.15, 0.2) is 0 Å². The fourth-order valence-electron chi connectivity index (χ4n) is 2.65. The summed E-state index contributed by atoms with van der Waals surface area (Å²) in [7, 11) is 1.99. The number of rotatable bonds is 5. The smallest absolute Gasteiger partial charge is 0.137 e. The molecule has 1 atom stereocenters. The molecular formula is C16H21BrFN. The van der Waals surface area contributed by atoms with Crippen molar-refractivity contribution in [3.05, 3.63) is 45.7 Å². The highest BCUT2D eigenvalue weighted by Gasteiger charge is 2.14. The lowest BCUT2D eigenvalue weighted by molar-refractivity contribution is 0.529. The summed E-state index contributed by atoms with van der Waals surface area (Å²) in [6.45, 7) is 0. The fourth-order valence-corrected chi connectivity index (χ4v) is 3.08. The highest BCUT2D eigenvalue weighted by molar-refractivity contribution is 9.10. The van der Waals surface area contributed by atoms with Crippen LogP contribution in [0.15, 0.2) is 34.3 Å². The van der Waals surface area contributed by atoms with Gasteiger partial charge in [-0.05, 0) is 73.1 Å². The van der Waals surface area contributed by atoms with Crippen LogP contribution in [0.2, 0.25) is 0 Å². The average Bonchev–Trinajstić information content (AvgIpc) is 2.44. The van der Waals surface area contributed by atoms with Crippen molar-refractivity contribution < 1.29 is 4.39 Å². The third-order valence-electron chi connectivity index (χ3n) is 3.80. The lowest BCUT2D eigenvalue weighted by Crippen LogP contribution is -2.28. The Morgan fingerprint density at radius 2 is 2.16 bits per heavy atom. The van der Waals surface area contributed by atoms with E-state index in [2.05, 4.69) is 27.3 Å². The van der Waals surface area contributed by atoms with E-state index in [0.717, 1.165) is 18.4 Å². The van der Waals surface area contributed by atoms with Crippen molar-refractivity contribution in [2.75, 3.05) is 7.05 Å². The van der Waals surface area contributed by atoms with Gasteiger partial charge in [0.2, 0.25) is 0 Å². The zero-order chi connectivity index (χ0) is 13.7. The second kappa shape index (κ2) is 7.20. The predicted molar refractivity (Wildman–Crippen MR) is 81.8 cm³/mol. The van der Waals surface area contributed by atoms with Crippen LogP contribution in [-0.2, 0) is 6.42 Å². The second-order valence-corrected chi connectivity index (χ2v) is 6.01. The van der Waals surface area contributed by atoms with E-state index in [1.807, 2.05) is 13.1 Å². The predicted octanol–water partition coefficient (Wildman–Crippen LogP) is 4.61. The number of hydrogen-bond acceptors (Lipinski definition) is 1. The SMILES string of the molecule is CNC(CC1=CCCCC1)Cc1cccc(F)c1Br. The van der Waals surface area contributed by atoms with Crippen LogP contribution in [-0.4, -0.2) is 13.1 Å². The molecule has 2 rings (SSSR count). The Balaban J connectivity index is 2.02. The zero-order valence-electron chi connectivity index (χ0n) is 11.4. The minimum Gasteiger partial charge on any atom is -0.316 e. The number of hydrogen-bond donors (Lipinski definition) is 1. The van der Waals surface area contributed by atoms with Gasteiger partial charge in [-0.1, -0.05) is 23.8 Å². The quantitative estimate of drug-likeness (QED) is 0.779. The van der Waals surface area contributed by atoms with Crippen LogP contribution in [0.5, 0.6) is 0 Å². The topological polar surface area (TPSA) is 12.0 Å². The molecule has 0 radical (unpaired) electrons. The minimum atomic E-state index is -0.177. The standard InChI is InChI=1S/C16H21BrFN/c1-19-14(10-12-6-3-2-4-7-12)11-13-8-5-9-15(18)16(13)17/h5-6,8-9,14,19H,2-4,7,10-11H2,1H3. The number of allylic oxidation sites excluding steroid dienone is 1. The van der Waals surface area contributed by atoms with Crippen LogP contribution in [0, 0.1) is 5.82 Å². The molecule has 1 aromatic rings. The molecule has 0 bridgehead atoms. The molecule has 0 aliphatic heterocycles. The van der Waals surface area contributed by atoms with E-state index in [1.165, 1.54) is 31.7 Å². The maximum absolute atomic E-state index is 13.5. The normalized spacial score (nSPS) is 17.1. The molecule has 19 heavy (non-hydrogen) atoms. The van der Waals surface area contributed by atoms with Crippen molar-refractivity contribution in [1.29, 1.82) is 0 Å². The molecule has 1 unspecified atom stereocenters. The average molecular weight is 326 g/mol. The monoisotopic (exact) mass is 325 g/mol. The number of nitrogens with one attached hydrogen (secondary N) is 1. The molecular weight excluding hydrogens is 305 g/mol. The molecule has 0 saturated heterocycles. The first kappa shape index (κ1) is 14.7. The Labute approximate surface area is 123 Å². The van der Waals surface area contributed by atoms with E-state index in [-0.39, 0.29) is 5.82 Å². The Morgan fingerprint density at radius 3 is 2.84 bits per heavy atom. The molecule has 0 spiro atoms. The largest absolute Gasteiger partial charge is 0.316 e. The summed E-state index contributed by atoms with van der Waals surface area (Å²) in [6, 6.07) is 5.64. The number of benzene rings is 1. The Kier molecular flexibility index (Phi) is 5.59. The van der Waals surface area contributed by atoms with Crippen molar-refractivity contribution >= 4 is 15.9 Å². The molecule has 1 nitrogen and oxygen atoms in total. The van der Waals surface area contributed by atoms with Gasteiger partial charge in [-0.3, -0.25) is 0 Å². The van der Waals surface area contributed by atoms with E-state index >= 15 is 0 Å². The van der Waals surface area contributed by atoms with E-state index in [0.29, 0.717) is 10.5 Å². The summed E-state index contributed by atoms with van der Waals surface area (Å²) in [6.07, 6.45) is 9.38. The molecule has 0 aromatic heterocycles. The van der Waals surface area contributed by atoms with Crippen LogP contribution >= 0.6 is 15.9 Å². The molecule has 0 saturated carbocycles. The number of likely N-dealkylation sites (N-methyl/N-ethyl adjacent to an activating group) is 1. The first-order valence-electron chi connectivity index (χ1n) is 6.98. The Bertz CT molecular complexity index is 456. The first-order chi connectivity index (χ1) is 9.20. The molecule has 1 aliphatic carbocycles. The lowest BCUT2D eigenvalue weighted by Gasteiger charge is -2.21. The summed E-state index contributed by atoms with van der Waals surface area (Å²) in [5.41, 5.74) is 2.59. The van der Waals surface area contributed by atoms with Crippen molar-refractivity contribution in [3.63, 3.8) is 0 Å². The highest BCUT2D eigenvalue weighted by atomic mass is 79.9. The summed E-state index contributed by atoms with van der Waals surface area (Å²) in [5.74, 6) is -0.177. The molecule has 0 amide bonds. The molecule has 1 aliphatic rings. The molecule has 3 heteroatoms. The summed E-state index contributed by atoms with van der Waals surface area (Å²) >= 11 is 3.35. The summed E-state index contributed by atoms with van der Waals surface area (Å²) < 4.78 is 14.1. The first-order valence-corrected chi connectivity index (χ1v) is 7.78. The second-order valence-electron chi connectivity index (χ2n) is 5.21. The van der Waals surface area contributed by atoms with Gasteiger partial charge in [-0.15, -0.1) is 0 Å². The van der Waals surface area contributed by atoms with Gasteiger partial charge in [0.1, 0.15) is 5.82 Å². The van der Waals surface area contributed by atoms with Crippen LogP contribution < -0.4 is 5.32 Å². The maximum Gasteiger partial charge on any atom is 0.137 e. The van der Waals surface area contributed by atoms with Gasteiger partial charge in [-0.25, -0.2) is 4.39 Å².